The molecular formula is C12H21BN2O2. The number of aromatic nitrogens is 2. The second kappa shape index (κ2) is 4.14. The quantitative estimate of drug-likeness (QED) is 0.744. The van der Waals surface area contributed by atoms with Crippen LogP contribution < -0.4 is 5.46 Å². The number of hydrogen-bond donors (Lipinski definition) is 2. The summed E-state index contributed by atoms with van der Waals surface area (Å²) in [6.07, 6.45) is 4.35. The van der Waals surface area contributed by atoms with Crippen LogP contribution in [0.1, 0.15) is 52.1 Å². The first-order valence-electron chi connectivity index (χ1n) is 6.20. The minimum absolute atomic E-state index is 0.499. The smallest absolute Gasteiger partial charge is 0.312 e. The molecule has 0 aromatic carbocycles. The van der Waals surface area contributed by atoms with Crippen molar-refractivity contribution in [2.24, 2.45) is 0 Å². The molecule has 0 unspecified atom stereocenters. The molecule has 0 amide bonds. The molecule has 5 heteroatoms. The lowest BCUT2D eigenvalue weighted by molar-refractivity contribution is -0.0893. The van der Waals surface area contributed by atoms with Gasteiger partial charge in [-0.05, 0) is 46.0 Å². The topological polar surface area (TPSA) is 58.1 Å². The van der Waals surface area contributed by atoms with Crippen molar-refractivity contribution in [1.82, 2.24) is 10.2 Å². The fourth-order valence-corrected chi connectivity index (χ4v) is 1.59. The van der Waals surface area contributed by atoms with Gasteiger partial charge >= 0.3 is 7.48 Å². The third kappa shape index (κ3) is 2.72. The molecule has 1 heterocycles. The number of H-pyrrole nitrogens is 1. The van der Waals surface area contributed by atoms with Gasteiger partial charge in [-0.3, -0.25) is 5.10 Å². The fourth-order valence-electron chi connectivity index (χ4n) is 1.59. The Balaban J connectivity index is 2.00. The van der Waals surface area contributed by atoms with E-state index < -0.39 is 11.2 Å². The highest BCUT2D eigenvalue weighted by molar-refractivity contribution is 6.47. The van der Waals surface area contributed by atoms with Gasteiger partial charge < -0.3 is 9.76 Å². The van der Waals surface area contributed by atoms with E-state index in [1.54, 1.807) is 13.8 Å². The first kappa shape index (κ1) is 12.6. The van der Waals surface area contributed by atoms with E-state index in [1.807, 2.05) is 20.0 Å². The number of nitrogens with one attached hydrogen (secondary N) is 1. The summed E-state index contributed by atoms with van der Waals surface area (Å²) in [7, 11) is 0.499. The van der Waals surface area contributed by atoms with Gasteiger partial charge in [-0.2, -0.15) is 5.10 Å². The van der Waals surface area contributed by atoms with E-state index >= 15 is 0 Å². The highest BCUT2D eigenvalue weighted by atomic mass is 16.5. The van der Waals surface area contributed by atoms with E-state index in [2.05, 4.69) is 10.2 Å². The van der Waals surface area contributed by atoms with Gasteiger partial charge in [0.25, 0.3) is 0 Å². The van der Waals surface area contributed by atoms with Crippen LogP contribution in [-0.2, 0) is 4.65 Å². The van der Waals surface area contributed by atoms with Crippen LogP contribution in [0.25, 0.3) is 0 Å². The van der Waals surface area contributed by atoms with Crippen LogP contribution in [0.5, 0.6) is 0 Å². The molecule has 0 radical (unpaired) electrons. The maximum absolute atomic E-state index is 10.0. The largest absolute Gasteiger partial charge is 0.427 e. The number of aromatic amines is 1. The molecule has 1 aliphatic carbocycles. The van der Waals surface area contributed by atoms with Gasteiger partial charge in [0.2, 0.25) is 0 Å². The van der Waals surface area contributed by atoms with Crippen molar-refractivity contribution in [3.8, 4) is 0 Å². The molecule has 17 heavy (non-hydrogen) atoms. The molecule has 2 N–H and O–H groups in total. The summed E-state index contributed by atoms with van der Waals surface area (Å²) in [4.78, 5) is 0. The molecule has 1 fully saturated rings. The zero-order chi connectivity index (χ0) is 12.7. The van der Waals surface area contributed by atoms with Gasteiger partial charge in [0.15, 0.2) is 0 Å². The van der Waals surface area contributed by atoms with E-state index in [-0.39, 0.29) is 0 Å². The minimum atomic E-state index is -0.865. The van der Waals surface area contributed by atoms with Crippen LogP contribution in [0, 0.1) is 0 Å². The summed E-state index contributed by atoms with van der Waals surface area (Å²) < 4.78 is 5.85. The Hall–Kier alpha value is -0.805. The zero-order valence-corrected chi connectivity index (χ0v) is 11.1. The van der Waals surface area contributed by atoms with Crippen LogP contribution in [0.4, 0.5) is 0 Å². The highest BCUT2D eigenvalue weighted by Gasteiger charge is 2.36. The normalized spacial score (nSPS) is 17.2. The van der Waals surface area contributed by atoms with Crippen LogP contribution in [0.2, 0.25) is 0 Å². The molecule has 1 aromatic heterocycles. The molecule has 1 saturated carbocycles. The molecule has 0 aliphatic heterocycles. The van der Waals surface area contributed by atoms with Gasteiger partial charge in [-0.25, -0.2) is 0 Å². The molecule has 0 saturated heterocycles. The van der Waals surface area contributed by atoms with Gasteiger partial charge in [0.1, 0.15) is 0 Å². The van der Waals surface area contributed by atoms with E-state index in [4.69, 9.17) is 4.65 Å². The first-order valence-corrected chi connectivity index (χ1v) is 6.20. The van der Waals surface area contributed by atoms with E-state index in [1.165, 1.54) is 12.8 Å². The van der Waals surface area contributed by atoms with Crippen molar-refractivity contribution in [1.29, 1.82) is 0 Å². The highest BCUT2D eigenvalue weighted by Crippen LogP contribution is 2.38. The molecule has 4 nitrogen and oxygen atoms in total. The average Bonchev–Trinajstić information content (AvgIpc) is 2.93. The molecular weight excluding hydrogens is 215 g/mol. The van der Waals surface area contributed by atoms with E-state index in [0.717, 1.165) is 11.2 Å². The molecule has 0 atom stereocenters. The Kier molecular flexibility index (Phi) is 3.08. The minimum Gasteiger partial charge on any atom is -0.427 e. The monoisotopic (exact) mass is 236 g/mol. The molecule has 2 rings (SSSR count). The van der Waals surface area contributed by atoms with Crippen molar-refractivity contribution in [3.63, 3.8) is 0 Å². The SMILES string of the molecule is CC(C)(O)C(C)(C)OBc1c[nH]nc1C1CC1. The molecule has 0 spiro atoms. The van der Waals surface area contributed by atoms with Gasteiger partial charge in [0, 0.05) is 12.1 Å². The Morgan fingerprint density at radius 2 is 2.06 bits per heavy atom. The summed E-state index contributed by atoms with van der Waals surface area (Å²) in [6.45, 7) is 7.35. The van der Waals surface area contributed by atoms with Crippen LogP contribution in [0.3, 0.4) is 0 Å². The summed E-state index contributed by atoms with van der Waals surface area (Å²) in [5.41, 5.74) is 0.808. The molecule has 1 aromatic rings. The number of nitrogens with zero attached hydrogens (tertiary/aromatic N) is 1. The van der Waals surface area contributed by atoms with E-state index in [0.29, 0.717) is 13.4 Å². The maximum atomic E-state index is 10.0. The van der Waals surface area contributed by atoms with Gasteiger partial charge in [-0.1, -0.05) is 0 Å². The predicted octanol–water partition coefficient (Wildman–Crippen LogP) is 0.830. The van der Waals surface area contributed by atoms with Crippen molar-refractivity contribution in [2.75, 3.05) is 0 Å². The van der Waals surface area contributed by atoms with Crippen molar-refractivity contribution in [2.45, 2.75) is 57.7 Å². The Bertz CT molecular complexity index is 391. The summed E-state index contributed by atoms with van der Waals surface area (Å²) in [5, 5.41) is 17.2. The Labute approximate surface area is 103 Å². The lowest BCUT2D eigenvalue weighted by Gasteiger charge is -2.37. The lowest BCUT2D eigenvalue weighted by atomic mass is 9.82. The second-order valence-corrected chi connectivity index (χ2v) is 5.93. The third-order valence-electron chi connectivity index (χ3n) is 3.78. The molecule has 1 aliphatic rings. The average molecular weight is 236 g/mol. The van der Waals surface area contributed by atoms with Gasteiger partial charge in [0.05, 0.1) is 16.9 Å². The number of hydrogen-bond acceptors (Lipinski definition) is 3. The Morgan fingerprint density at radius 1 is 1.41 bits per heavy atom. The molecule has 94 valence electrons. The third-order valence-corrected chi connectivity index (χ3v) is 3.78. The predicted molar refractivity (Wildman–Crippen MR) is 68.8 cm³/mol. The van der Waals surface area contributed by atoms with Crippen LogP contribution in [-0.4, -0.2) is 34.0 Å². The van der Waals surface area contributed by atoms with Crippen LogP contribution in [0.15, 0.2) is 6.20 Å². The standard InChI is InChI=1S/C12H21BN2O2/c1-11(2,16)12(3,4)17-13-9-7-14-15-10(9)8-5-6-8/h7-8,13,16H,5-6H2,1-4H3,(H,14,15). The second-order valence-electron chi connectivity index (χ2n) is 5.93. The number of aliphatic hydroxyl groups is 1. The summed E-state index contributed by atoms with van der Waals surface area (Å²) in [6, 6.07) is 0. The first-order chi connectivity index (χ1) is 7.81. The summed E-state index contributed by atoms with van der Waals surface area (Å²) in [5.74, 6) is 0.616. The lowest BCUT2D eigenvalue weighted by Crippen LogP contribution is -2.49. The van der Waals surface area contributed by atoms with Gasteiger partial charge in [-0.15, -0.1) is 0 Å². The van der Waals surface area contributed by atoms with Crippen molar-refractivity contribution < 1.29 is 9.76 Å². The van der Waals surface area contributed by atoms with Crippen molar-refractivity contribution >= 4 is 12.9 Å². The Morgan fingerprint density at radius 3 is 2.59 bits per heavy atom. The fraction of sp³-hybridized carbons (Fsp3) is 0.750. The zero-order valence-electron chi connectivity index (χ0n) is 11.1. The number of rotatable bonds is 5. The van der Waals surface area contributed by atoms with E-state index in [9.17, 15) is 5.11 Å². The van der Waals surface area contributed by atoms with Crippen molar-refractivity contribution in [3.05, 3.63) is 11.9 Å². The molecule has 0 bridgehead atoms. The van der Waals surface area contributed by atoms with Crippen LogP contribution >= 0.6 is 0 Å². The summed E-state index contributed by atoms with van der Waals surface area (Å²) >= 11 is 0. The maximum Gasteiger partial charge on any atom is 0.312 e.